The van der Waals surface area contributed by atoms with Crippen LogP contribution in [0.1, 0.15) is 19.8 Å². The van der Waals surface area contributed by atoms with Gasteiger partial charge in [-0.2, -0.15) is 0 Å². The van der Waals surface area contributed by atoms with Gasteiger partial charge in [0.2, 0.25) is 0 Å². The molecule has 0 amide bonds. The van der Waals surface area contributed by atoms with Crippen LogP contribution in [0.5, 0.6) is 0 Å². The second kappa shape index (κ2) is 5.97. The summed E-state index contributed by atoms with van der Waals surface area (Å²) in [6, 6.07) is 3.91. The number of nitro benzene ring substituents is 1. The van der Waals surface area contributed by atoms with E-state index >= 15 is 0 Å². The van der Waals surface area contributed by atoms with E-state index in [9.17, 15) is 14.5 Å². The Bertz CT molecular complexity index is 461. The van der Waals surface area contributed by atoms with Crippen LogP contribution in [0, 0.1) is 15.9 Å². The van der Waals surface area contributed by atoms with Gasteiger partial charge in [0.05, 0.1) is 11.0 Å². The van der Waals surface area contributed by atoms with Gasteiger partial charge in [0.15, 0.2) is 0 Å². The second-order valence-electron chi connectivity index (χ2n) is 4.93. The van der Waals surface area contributed by atoms with Crippen LogP contribution in [-0.2, 0) is 0 Å². The van der Waals surface area contributed by atoms with Gasteiger partial charge in [0, 0.05) is 24.3 Å². The third-order valence-electron chi connectivity index (χ3n) is 3.46. The van der Waals surface area contributed by atoms with Gasteiger partial charge in [-0.3, -0.25) is 15.0 Å². The molecule has 1 N–H and O–H groups in total. The van der Waals surface area contributed by atoms with E-state index in [4.69, 9.17) is 0 Å². The van der Waals surface area contributed by atoms with Crippen LogP contribution in [0.25, 0.3) is 0 Å². The fourth-order valence-electron chi connectivity index (χ4n) is 2.36. The predicted molar refractivity (Wildman–Crippen MR) is 71.8 cm³/mol. The van der Waals surface area contributed by atoms with E-state index < -0.39 is 10.7 Å². The normalized spacial score (nSPS) is 17.4. The van der Waals surface area contributed by atoms with Crippen molar-refractivity contribution in [3.63, 3.8) is 0 Å². The molecule has 0 aliphatic carbocycles. The minimum Gasteiger partial charge on any atom is -0.383 e. The third kappa shape index (κ3) is 3.64. The van der Waals surface area contributed by atoms with Gasteiger partial charge >= 0.3 is 0 Å². The highest BCUT2D eigenvalue weighted by Crippen LogP contribution is 2.20. The van der Waals surface area contributed by atoms with Crippen molar-refractivity contribution >= 4 is 11.4 Å². The molecule has 5 nitrogen and oxygen atoms in total. The molecule has 0 bridgehead atoms. The number of anilines is 1. The summed E-state index contributed by atoms with van der Waals surface area (Å²) in [5.41, 5.74) is 0.231. The minimum absolute atomic E-state index is 0.226. The highest BCUT2D eigenvalue weighted by Gasteiger charge is 2.18. The summed E-state index contributed by atoms with van der Waals surface area (Å²) in [5.74, 6) is -0.592. The van der Waals surface area contributed by atoms with Gasteiger partial charge in [-0.05, 0) is 38.9 Å². The smallest absolute Gasteiger partial charge is 0.274 e. The fraction of sp³-hybridized carbons (Fsp3) is 0.538. The Labute approximate surface area is 111 Å². The summed E-state index contributed by atoms with van der Waals surface area (Å²) >= 11 is 0. The van der Waals surface area contributed by atoms with Crippen molar-refractivity contribution in [2.75, 3.05) is 25.0 Å². The third-order valence-corrected chi connectivity index (χ3v) is 3.46. The summed E-state index contributed by atoms with van der Waals surface area (Å²) in [5, 5.41) is 13.7. The van der Waals surface area contributed by atoms with Gasteiger partial charge in [0.1, 0.15) is 5.82 Å². The van der Waals surface area contributed by atoms with Crippen molar-refractivity contribution in [1.29, 1.82) is 0 Å². The van der Waals surface area contributed by atoms with Crippen molar-refractivity contribution in [3.8, 4) is 0 Å². The maximum absolute atomic E-state index is 13.3. The number of hydrogen-bond acceptors (Lipinski definition) is 4. The van der Waals surface area contributed by atoms with Crippen molar-refractivity contribution < 1.29 is 9.31 Å². The number of nitrogens with one attached hydrogen (secondary N) is 1. The fourth-order valence-corrected chi connectivity index (χ4v) is 2.36. The lowest BCUT2D eigenvalue weighted by Gasteiger charge is -2.24. The maximum Gasteiger partial charge on any atom is 0.274 e. The van der Waals surface area contributed by atoms with Crippen molar-refractivity contribution in [3.05, 3.63) is 34.1 Å². The SMILES string of the molecule is CC(CNc1cc(F)cc([N+](=O)[O-])c1)N1CCCC1. The first-order chi connectivity index (χ1) is 9.06. The minimum atomic E-state index is -0.592. The lowest BCUT2D eigenvalue weighted by Crippen LogP contribution is -2.35. The van der Waals surface area contributed by atoms with Gasteiger partial charge < -0.3 is 5.32 Å². The summed E-state index contributed by atoms with van der Waals surface area (Å²) in [6.07, 6.45) is 2.44. The number of nitrogens with zero attached hydrogens (tertiary/aromatic N) is 2. The van der Waals surface area contributed by atoms with Crippen molar-refractivity contribution in [2.45, 2.75) is 25.8 Å². The van der Waals surface area contributed by atoms with Crippen LogP contribution in [0.2, 0.25) is 0 Å². The highest BCUT2D eigenvalue weighted by atomic mass is 19.1. The van der Waals surface area contributed by atoms with Crippen molar-refractivity contribution in [1.82, 2.24) is 4.90 Å². The molecule has 0 radical (unpaired) electrons. The van der Waals surface area contributed by atoms with Gasteiger partial charge in [0.25, 0.3) is 5.69 Å². The van der Waals surface area contributed by atoms with Gasteiger partial charge in [-0.15, -0.1) is 0 Å². The number of benzene rings is 1. The molecule has 1 atom stereocenters. The lowest BCUT2D eigenvalue weighted by atomic mass is 10.2. The molecular formula is C13H18FN3O2. The molecule has 1 heterocycles. The van der Waals surface area contributed by atoms with E-state index in [-0.39, 0.29) is 5.69 Å². The average molecular weight is 267 g/mol. The molecule has 1 aromatic carbocycles. The first kappa shape index (κ1) is 13.7. The summed E-state index contributed by atoms with van der Waals surface area (Å²) in [7, 11) is 0. The van der Waals surface area contributed by atoms with Gasteiger partial charge in [-0.1, -0.05) is 0 Å². The zero-order chi connectivity index (χ0) is 13.8. The summed E-state index contributed by atoms with van der Waals surface area (Å²) in [4.78, 5) is 12.4. The Kier molecular flexibility index (Phi) is 4.31. The Balaban J connectivity index is 1.96. The summed E-state index contributed by atoms with van der Waals surface area (Å²) in [6.45, 7) is 4.94. The van der Waals surface area contributed by atoms with E-state index in [1.54, 1.807) is 0 Å². The Morgan fingerprint density at radius 2 is 2.11 bits per heavy atom. The lowest BCUT2D eigenvalue weighted by molar-refractivity contribution is -0.385. The first-order valence-corrected chi connectivity index (χ1v) is 6.49. The van der Waals surface area contributed by atoms with Crippen molar-refractivity contribution in [2.24, 2.45) is 0 Å². The summed E-state index contributed by atoms with van der Waals surface area (Å²) < 4.78 is 13.3. The van der Waals surface area contributed by atoms with Crippen LogP contribution in [0.4, 0.5) is 15.8 Å². The van der Waals surface area contributed by atoms with E-state index in [0.717, 1.165) is 19.2 Å². The Hall–Kier alpha value is -1.69. The molecule has 6 heteroatoms. The molecule has 0 saturated carbocycles. The van der Waals surface area contributed by atoms with Crippen LogP contribution in [0.15, 0.2) is 18.2 Å². The monoisotopic (exact) mass is 267 g/mol. The molecule has 1 aliphatic heterocycles. The van der Waals surface area contributed by atoms with E-state index in [0.29, 0.717) is 18.3 Å². The van der Waals surface area contributed by atoms with Crippen LogP contribution < -0.4 is 5.32 Å². The van der Waals surface area contributed by atoms with Gasteiger partial charge in [-0.25, -0.2) is 4.39 Å². The number of nitro groups is 1. The Morgan fingerprint density at radius 1 is 1.42 bits per heavy atom. The molecule has 0 aromatic heterocycles. The maximum atomic E-state index is 13.3. The second-order valence-corrected chi connectivity index (χ2v) is 4.93. The standard InChI is InChI=1S/C13H18FN3O2/c1-10(16-4-2-3-5-16)9-15-12-6-11(14)7-13(8-12)17(18)19/h6-8,10,15H,2-5,9H2,1H3. The predicted octanol–water partition coefficient (Wildman–Crippen LogP) is 2.63. The molecular weight excluding hydrogens is 249 g/mol. The molecule has 0 spiro atoms. The number of hydrogen-bond donors (Lipinski definition) is 1. The molecule has 1 aromatic rings. The number of rotatable bonds is 5. The number of likely N-dealkylation sites (tertiary alicyclic amines) is 1. The number of halogens is 1. The molecule has 2 rings (SSSR count). The molecule has 1 unspecified atom stereocenters. The Morgan fingerprint density at radius 3 is 2.74 bits per heavy atom. The molecule has 1 fully saturated rings. The van der Waals surface area contributed by atoms with E-state index in [1.807, 2.05) is 0 Å². The molecule has 1 aliphatic rings. The number of non-ortho nitro benzene ring substituents is 1. The zero-order valence-electron chi connectivity index (χ0n) is 10.9. The highest BCUT2D eigenvalue weighted by molar-refractivity contribution is 5.51. The van der Waals surface area contributed by atoms with Crippen LogP contribution in [0.3, 0.4) is 0 Å². The van der Waals surface area contributed by atoms with Crippen LogP contribution in [-0.4, -0.2) is 35.5 Å². The first-order valence-electron chi connectivity index (χ1n) is 6.49. The van der Waals surface area contributed by atoms with E-state index in [2.05, 4.69) is 17.1 Å². The zero-order valence-corrected chi connectivity index (χ0v) is 10.9. The molecule has 1 saturated heterocycles. The quantitative estimate of drug-likeness (QED) is 0.658. The molecule has 19 heavy (non-hydrogen) atoms. The largest absolute Gasteiger partial charge is 0.383 e. The average Bonchev–Trinajstić information content (AvgIpc) is 2.89. The topological polar surface area (TPSA) is 58.4 Å². The van der Waals surface area contributed by atoms with Crippen LogP contribution >= 0.6 is 0 Å². The molecule has 104 valence electrons. The van der Waals surface area contributed by atoms with E-state index in [1.165, 1.54) is 25.0 Å².